The van der Waals surface area contributed by atoms with E-state index in [-0.39, 0.29) is 6.54 Å². The van der Waals surface area contributed by atoms with E-state index in [1.54, 1.807) is 6.92 Å². The molecule has 0 spiro atoms. The lowest BCUT2D eigenvalue weighted by Gasteiger charge is -2.25. The van der Waals surface area contributed by atoms with Crippen molar-refractivity contribution in [1.29, 1.82) is 0 Å². The summed E-state index contributed by atoms with van der Waals surface area (Å²) < 4.78 is 0.859. The molecule has 0 atom stereocenters. The SMILES string of the molecule is CC1=NNC(=O)N(NC(=O)N/N=C/c2ccccc2Br)C1. The smallest absolute Gasteiger partial charge is 0.245 e. The van der Waals surface area contributed by atoms with Crippen LogP contribution in [0.5, 0.6) is 0 Å². The highest BCUT2D eigenvalue weighted by atomic mass is 79.9. The van der Waals surface area contributed by atoms with Crippen molar-refractivity contribution in [3.63, 3.8) is 0 Å². The Balaban J connectivity index is 1.87. The molecular weight excluding hydrogens is 340 g/mol. The van der Waals surface area contributed by atoms with Gasteiger partial charge in [0.15, 0.2) is 0 Å². The number of carbonyl (C=O) groups is 2. The molecule has 0 bridgehead atoms. The van der Waals surface area contributed by atoms with Gasteiger partial charge in [0.2, 0.25) is 0 Å². The van der Waals surface area contributed by atoms with E-state index in [1.807, 2.05) is 24.3 Å². The minimum atomic E-state index is -0.622. The minimum absolute atomic E-state index is 0.215. The standard InChI is InChI=1S/C12H13BrN6O2/c1-8-7-19(12(21)17-15-8)18-11(20)16-14-6-9-4-2-3-5-10(9)13/h2-6H,7H2,1H3,(H,17,21)(H2,16,18,20)/b14-6+. The number of hydrogen-bond donors (Lipinski definition) is 3. The molecule has 21 heavy (non-hydrogen) atoms. The monoisotopic (exact) mass is 352 g/mol. The maximum absolute atomic E-state index is 11.6. The number of urea groups is 2. The first-order valence-corrected chi connectivity index (χ1v) is 6.80. The van der Waals surface area contributed by atoms with E-state index >= 15 is 0 Å². The molecule has 9 heteroatoms. The van der Waals surface area contributed by atoms with Gasteiger partial charge in [0, 0.05) is 10.0 Å². The normalized spacial score (nSPS) is 14.7. The average molecular weight is 353 g/mol. The van der Waals surface area contributed by atoms with E-state index in [1.165, 1.54) is 6.21 Å². The van der Waals surface area contributed by atoms with Gasteiger partial charge in [-0.3, -0.25) is 0 Å². The first-order chi connectivity index (χ1) is 10.1. The summed E-state index contributed by atoms with van der Waals surface area (Å²) in [5, 5.41) is 8.66. The number of benzene rings is 1. The van der Waals surface area contributed by atoms with Crippen molar-refractivity contribution >= 4 is 39.9 Å². The number of halogens is 1. The summed E-state index contributed by atoms with van der Waals surface area (Å²) >= 11 is 3.36. The van der Waals surface area contributed by atoms with E-state index in [4.69, 9.17) is 0 Å². The van der Waals surface area contributed by atoms with Crippen molar-refractivity contribution < 1.29 is 9.59 Å². The average Bonchev–Trinajstić information content (AvgIpc) is 2.45. The number of nitrogens with one attached hydrogen (secondary N) is 3. The number of hydrazone groups is 2. The Kier molecular flexibility index (Phi) is 4.88. The summed E-state index contributed by atoms with van der Waals surface area (Å²) in [6.45, 7) is 1.95. The first-order valence-electron chi connectivity index (χ1n) is 6.01. The molecule has 1 aromatic rings. The Morgan fingerprint density at radius 3 is 3.05 bits per heavy atom. The molecule has 1 aliphatic heterocycles. The van der Waals surface area contributed by atoms with E-state index in [0.29, 0.717) is 5.71 Å². The Morgan fingerprint density at radius 1 is 1.52 bits per heavy atom. The number of hydrogen-bond acceptors (Lipinski definition) is 4. The molecule has 2 rings (SSSR count). The van der Waals surface area contributed by atoms with Crippen LogP contribution in [-0.2, 0) is 0 Å². The highest BCUT2D eigenvalue weighted by Gasteiger charge is 2.20. The second-order valence-corrected chi connectivity index (χ2v) is 5.04. The number of hydrazine groups is 1. The van der Waals surface area contributed by atoms with Crippen LogP contribution in [0.15, 0.2) is 38.9 Å². The lowest BCUT2D eigenvalue weighted by Crippen LogP contribution is -2.55. The van der Waals surface area contributed by atoms with Crippen molar-refractivity contribution in [3.8, 4) is 0 Å². The largest absolute Gasteiger partial charge is 0.356 e. The molecule has 8 nitrogen and oxygen atoms in total. The van der Waals surface area contributed by atoms with Gasteiger partial charge in [-0.15, -0.1) is 0 Å². The van der Waals surface area contributed by atoms with Crippen LogP contribution in [0.25, 0.3) is 0 Å². The van der Waals surface area contributed by atoms with Crippen LogP contribution in [-0.4, -0.2) is 35.5 Å². The molecule has 1 heterocycles. The molecule has 1 aromatic carbocycles. The zero-order chi connectivity index (χ0) is 15.2. The van der Waals surface area contributed by atoms with Gasteiger partial charge in [0.25, 0.3) is 0 Å². The van der Waals surface area contributed by atoms with Crippen LogP contribution < -0.4 is 16.3 Å². The number of nitrogens with zero attached hydrogens (tertiary/aromatic N) is 3. The Hall–Kier alpha value is -2.42. The third-order valence-electron chi connectivity index (χ3n) is 2.49. The zero-order valence-corrected chi connectivity index (χ0v) is 12.7. The van der Waals surface area contributed by atoms with Crippen LogP contribution in [0, 0.1) is 0 Å². The van der Waals surface area contributed by atoms with Gasteiger partial charge in [-0.2, -0.15) is 10.2 Å². The highest BCUT2D eigenvalue weighted by Crippen LogP contribution is 2.13. The van der Waals surface area contributed by atoms with Crippen molar-refractivity contribution in [2.75, 3.05) is 6.54 Å². The molecule has 0 aliphatic carbocycles. The Morgan fingerprint density at radius 2 is 2.29 bits per heavy atom. The number of carbonyl (C=O) groups excluding carboxylic acids is 2. The molecular formula is C12H13BrN6O2. The molecule has 0 radical (unpaired) electrons. The van der Waals surface area contributed by atoms with Gasteiger partial charge in [0.05, 0.1) is 18.5 Å². The van der Waals surface area contributed by atoms with E-state index < -0.39 is 12.1 Å². The molecule has 0 saturated heterocycles. The fraction of sp³-hybridized carbons (Fsp3) is 0.167. The quantitative estimate of drug-likeness (QED) is 0.565. The highest BCUT2D eigenvalue weighted by molar-refractivity contribution is 9.10. The fourth-order valence-electron chi connectivity index (χ4n) is 1.52. The molecule has 0 saturated carbocycles. The van der Waals surface area contributed by atoms with E-state index in [2.05, 4.69) is 42.4 Å². The van der Waals surface area contributed by atoms with E-state index in [9.17, 15) is 9.59 Å². The maximum Gasteiger partial charge on any atom is 0.356 e. The van der Waals surface area contributed by atoms with Crippen LogP contribution in [0.1, 0.15) is 12.5 Å². The summed E-state index contributed by atoms with van der Waals surface area (Å²) in [5.74, 6) is 0. The third kappa shape index (κ3) is 4.28. The van der Waals surface area contributed by atoms with E-state index in [0.717, 1.165) is 15.0 Å². The van der Waals surface area contributed by atoms with Crippen LogP contribution in [0.2, 0.25) is 0 Å². The molecule has 1 aliphatic rings. The molecule has 4 amide bonds. The molecule has 0 aromatic heterocycles. The number of rotatable bonds is 3. The summed E-state index contributed by atoms with van der Waals surface area (Å²) in [5.41, 5.74) is 8.40. The van der Waals surface area contributed by atoms with Gasteiger partial charge < -0.3 is 0 Å². The van der Waals surface area contributed by atoms with Crippen LogP contribution in [0.3, 0.4) is 0 Å². The second kappa shape index (κ2) is 6.84. The maximum atomic E-state index is 11.6. The predicted octanol–water partition coefficient (Wildman–Crippen LogP) is 1.40. The molecule has 3 N–H and O–H groups in total. The fourth-order valence-corrected chi connectivity index (χ4v) is 1.90. The second-order valence-electron chi connectivity index (χ2n) is 4.18. The topological polar surface area (TPSA) is 98.2 Å². The summed E-state index contributed by atoms with van der Waals surface area (Å²) in [7, 11) is 0. The Bertz CT molecular complexity index is 616. The lowest BCUT2D eigenvalue weighted by atomic mass is 10.2. The Labute approximate surface area is 129 Å². The van der Waals surface area contributed by atoms with Crippen molar-refractivity contribution in [3.05, 3.63) is 34.3 Å². The summed E-state index contributed by atoms with van der Waals surface area (Å²) in [4.78, 5) is 23.1. The van der Waals surface area contributed by atoms with Gasteiger partial charge >= 0.3 is 12.1 Å². The van der Waals surface area contributed by atoms with Gasteiger partial charge in [-0.1, -0.05) is 34.1 Å². The summed E-state index contributed by atoms with van der Waals surface area (Å²) in [6, 6.07) is 6.30. The predicted molar refractivity (Wildman–Crippen MR) is 81.8 cm³/mol. The van der Waals surface area contributed by atoms with Gasteiger partial charge in [0.1, 0.15) is 0 Å². The zero-order valence-electron chi connectivity index (χ0n) is 11.1. The lowest BCUT2D eigenvalue weighted by molar-refractivity contribution is 0.173. The molecule has 0 fully saturated rings. The molecule has 0 unspecified atom stereocenters. The van der Waals surface area contributed by atoms with Gasteiger partial charge in [-0.05, 0) is 13.0 Å². The summed E-state index contributed by atoms with van der Waals surface area (Å²) in [6.07, 6.45) is 1.49. The van der Waals surface area contributed by atoms with Gasteiger partial charge in [-0.25, -0.2) is 30.9 Å². The first kappa shape index (κ1) is 15.0. The van der Waals surface area contributed by atoms with Crippen LogP contribution in [0.4, 0.5) is 9.59 Å². The molecule has 110 valence electrons. The van der Waals surface area contributed by atoms with Crippen molar-refractivity contribution in [2.24, 2.45) is 10.2 Å². The van der Waals surface area contributed by atoms with Crippen molar-refractivity contribution in [1.82, 2.24) is 21.3 Å². The number of amides is 4. The van der Waals surface area contributed by atoms with Crippen LogP contribution >= 0.6 is 15.9 Å². The third-order valence-corrected chi connectivity index (χ3v) is 3.21. The van der Waals surface area contributed by atoms with Crippen molar-refractivity contribution in [2.45, 2.75) is 6.92 Å². The minimum Gasteiger partial charge on any atom is -0.245 e.